The SMILES string of the molecule is CC(C)COc1ccccc1CN1CCC2(CC1)CCN(C(=O)c1ccc(CC(=O)OC(=O)C(F)(F)F)cc1)C2. The number of likely N-dealkylation sites (tertiary alicyclic amines) is 2. The Kier molecular flexibility index (Phi) is 9.18. The van der Waals surface area contributed by atoms with Crippen LogP contribution in [0.4, 0.5) is 13.2 Å². The summed E-state index contributed by atoms with van der Waals surface area (Å²) in [6.45, 7) is 9.01. The highest BCUT2D eigenvalue weighted by Crippen LogP contribution is 2.41. The van der Waals surface area contributed by atoms with Crippen LogP contribution in [0.3, 0.4) is 0 Å². The molecule has 4 rings (SSSR count). The summed E-state index contributed by atoms with van der Waals surface area (Å²) in [7, 11) is 0. The second-order valence-electron chi connectivity index (χ2n) is 11.2. The maximum absolute atomic E-state index is 13.2. The Hall–Kier alpha value is -3.40. The van der Waals surface area contributed by atoms with Crippen LogP contribution in [0.1, 0.15) is 54.6 Å². The summed E-state index contributed by atoms with van der Waals surface area (Å²) in [6.07, 6.45) is -2.79. The van der Waals surface area contributed by atoms with Gasteiger partial charge in [0.2, 0.25) is 0 Å². The van der Waals surface area contributed by atoms with Crippen LogP contribution in [-0.2, 0) is 27.3 Å². The van der Waals surface area contributed by atoms with E-state index in [4.69, 9.17) is 4.74 Å². The molecule has 0 aliphatic carbocycles. The normalized spacial score (nSPS) is 17.3. The van der Waals surface area contributed by atoms with Gasteiger partial charge in [0.15, 0.2) is 0 Å². The molecule has 2 heterocycles. The van der Waals surface area contributed by atoms with Crippen molar-refractivity contribution in [2.45, 2.75) is 52.3 Å². The average molecular weight is 561 g/mol. The van der Waals surface area contributed by atoms with Gasteiger partial charge in [0, 0.05) is 30.8 Å². The molecule has 1 spiro atoms. The summed E-state index contributed by atoms with van der Waals surface area (Å²) in [5, 5.41) is 0. The van der Waals surface area contributed by atoms with Gasteiger partial charge in [-0.05, 0) is 67.4 Å². The number of hydrogen-bond donors (Lipinski definition) is 0. The van der Waals surface area contributed by atoms with Gasteiger partial charge in [0.1, 0.15) is 5.75 Å². The quantitative estimate of drug-likeness (QED) is 0.333. The monoisotopic (exact) mass is 560 g/mol. The molecule has 40 heavy (non-hydrogen) atoms. The van der Waals surface area contributed by atoms with Gasteiger partial charge in [0.05, 0.1) is 13.0 Å². The molecule has 2 saturated heterocycles. The molecule has 2 aromatic carbocycles. The van der Waals surface area contributed by atoms with Crippen molar-refractivity contribution < 1.29 is 37.0 Å². The molecule has 0 N–H and O–H groups in total. The van der Waals surface area contributed by atoms with Crippen LogP contribution >= 0.6 is 0 Å². The molecule has 2 fully saturated rings. The summed E-state index contributed by atoms with van der Waals surface area (Å²) in [4.78, 5) is 39.9. The van der Waals surface area contributed by atoms with Gasteiger partial charge in [-0.2, -0.15) is 13.2 Å². The number of nitrogens with zero attached hydrogens (tertiary/aromatic N) is 2. The van der Waals surface area contributed by atoms with Crippen molar-refractivity contribution in [1.29, 1.82) is 0 Å². The zero-order chi connectivity index (χ0) is 28.9. The largest absolute Gasteiger partial charge is 0.493 e. The lowest BCUT2D eigenvalue weighted by atomic mass is 9.77. The lowest BCUT2D eigenvalue weighted by Gasteiger charge is -2.39. The molecular weight excluding hydrogens is 525 g/mol. The van der Waals surface area contributed by atoms with Crippen molar-refractivity contribution in [3.63, 3.8) is 0 Å². The van der Waals surface area contributed by atoms with Gasteiger partial charge in [-0.25, -0.2) is 4.79 Å². The van der Waals surface area contributed by atoms with E-state index in [-0.39, 0.29) is 11.3 Å². The van der Waals surface area contributed by atoms with E-state index < -0.39 is 24.5 Å². The Bertz CT molecular complexity index is 1200. The van der Waals surface area contributed by atoms with Gasteiger partial charge in [0.25, 0.3) is 5.91 Å². The molecule has 10 heteroatoms. The van der Waals surface area contributed by atoms with Gasteiger partial charge in [-0.3, -0.25) is 14.5 Å². The van der Waals surface area contributed by atoms with Crippen molar-refractivity contribution in [1.82, 2.24) is 9.80 Å². The fourth-order valence-corrected chi connectivity index (χ4v) is 5.29. The number of alkyl halides is 3. The van der Waals surface area contributed by atoms with Gasteiger partial charge in [-0.15, -0.1) is 0 Å². The molecule has 2 aliphatic heterocycles. The van der Waals surface area contributed by atoms with E-state index in [0.29, 0.717) is 36.7 Å². The molecule has 0 saturated carbocycles. The number of rotatable bonds is 8. The molecule has 2 aliphatic rings. The van der Waals surface area contributed by atoms with E-state index in [0.717, 1.165) is 44.6 Å². The Morgan fingerprint density at radius 2 is 1.60 bits per heavy atom. The predicted molar refractivity (Wildman–Crippen MR) is 142 cm³/mol. The Labute approximate surface area is 232 Å². The van der Waals surface area contributed by atoms with Crippen molar-refractivity contribution in [3.8, 4) is 5.75 Å². The second kappa shape index (κ2) is 12.4. The first-order valence-electron chi connectivity index (χ1n) is 13.6. The molecular formula is C30H35F3N2O5. The topological polar surface area (TPSA) is 76.2 Å². The standard InChI is InChI=1S/C30H35F3N2O5/c1-21(2)19-39-25-6-4-3-5-24(25)18-34-14-11-29(12-15-34)13-16-35(20-29)27(37)23-9-7-22(8-10-23)17-26(36)40-28(38)30(31,32)33/h3-10,21H,11-20H2,1-2H3. The first-order valence-corrected chi connectivity index (χ1v) is 13.6. The molecule has 216 valence electrons. The van der Waals surface area contributed by atoms with Crippen molar-refractivity contribution >= 4 is 17.8 Å². The summed E-state index contributed by atoms with van der Waals surface area (Å²) >= 11 is 0. The van der Waals surface area contributed by atoms with Crippen LogP contribution < -0.4 is 4.74 Å². The summed E-state index contributed by atoms with van der Waals surface area (Å²) in [6, 6.07) is 14.2. The second-order valence-corrected chi connectivity index (χ2v) is 11.2. The van der Waals surface area contributed by atoms with Crippen molar-refractivity contribution in [3.05, 3.63) is 65.2 Å². The molecule has 0 atom stereocenters. The summed E-state index contributed by atoms with van der Waals surface area (Å²) < 4.78 is 46.6. The number of piperidine rings is 1. The van der Waals surface area contributed by atoms with Crippen LogP contribution in [0.5, 0.6) is 5.75 Å². The molecule has 0 bridgehead atoms. The van der Waals surface area contributed by atoms with Gasteiger partial charge >= 0.3 is 18.1 Å². The minimum absolute atomic E-state index is 0.0918. The highest BCUT2D eigenvalue weighted by atomic mass is 19.4. The fourth-order valence-electron chi connectivity index (χ4n) is 5.29. The van der Waals surface area contributed by atoms with Crippen molar-refractivity contribution in [2.24, 2.45) is 11.3 Å². The van der Waals surface area contributed by atoms with Crippen LogP contribution in [0.2, 0.25) is 0 Å². The van der Waals surface area contributed by atoms with Crippen LogP contribution in [0.25, 0.3) is 0 Å². The number of halogens is 3. The lowest BCUT2D eigenvalue weighted by molar-refractivity contribution is -0.201. The Balaban J connectivity index is 1.27. The maximum atomic E-state index is 13.2. The first-order chi connectivity index (χ1) is 18.9. The van der Waals surface area contributed by atoms with E-state index >= 15 is 0 Å². The van der Waals surface area contributed by atoms with Crippen molar-refractivity contribution in [2.75, 3.05) is 32.8 Å². The zero-order valence-corrected chi connectivity index (χ0v) is 22.8. The number of hydrogen-bond acceptors (Lipinski definition) is 6. The smallest absolute Gasteiger partial charge is 0.491 e. The minimum Gasteiger partial charge on any atom is -0.493 e. The number of carbonyl (C=O) groups is 3. The van der Waals surface area contributed by atoms with Gasteiger partial charge in [-0.1, -0.05) is 44.2 Å². The van der Waals surface area contributed by atoms with Crippen LogP contribution in [-0.4, -0.2) is 66.6 Å². The number of para-hydroxylation sites is 1. The number of carbonyl (C=O) groups excluding carboxylic acids is 3. The zero-order valence-electron chi connectivity index (χ0n) is 22.8. The molecule has 2 aromatic rings. The van der Waals surface area contributed by atoms with Crippen LogP contribution in [0, 0.1) is 11.3 Å². The molecule has 1 amide bonds. The Morgan fingerprint density at radius 3 is 2.25 bits per heavy atom. The number of amides is 1. The number of ether oxygens (including phenoxy) is 2. The third kappa shape index (κ3) is 7.62. The predicted octanol–water partition coefficient (Wildman–Crippen LogP) is 5.02. The van der Waals surface area contributed by atoms with E-state index in [9.17, 15) is 27.6 Å². The number of benzene rings is 2. The highest BCUT2D eigenvalue weighted by molar-refractivity contribution is 5.94. The highest BCUT2D eigenvalue weighted by Gasteiger charge is 2.43. The average Bonchev–Trinajstić information content (AvgIpc) is 3.32. The minimum atomic E-state index is -5.23. The van der Waals surface area contributed by atoms with E-state index in [1.54, 1.807) is 12.1 Å². The fraction of sp³-hybridized carbons (Fsp3) is 0.500. The van der Waals surface area contributed by atoms with Crippen LogP contribution in [0.15, 0.2) is 48.5 Å². The lowest BCUT2D eigenvalue weighted by Crippen LogP contribution is -2.42. The molecule has 0 radical (unpaired) electrons. The van der Waals surface area contributed by atoms with E-state index in [2.05, 4.69) is 29.6 Å². The Morgan fingerprint density at radius 1 is 0.950 bits per heavy atom. The third-order valence-electron chi connectivity index (χ3n) is 7.57. The summed E-state index contributed by atoms with van der Waals surface area (Å²) in [5.74, 6) is -2.57. The van der Waals surface area contributed by atoms with E-state index in [1.807, 2.05) is 23.1 Å². The van der Waals surface area contributed by atoms with E-state index in [1.165, 1.54) is 17.7 Å². The maximum Gasteiger partial charge on any atom is 0.491 e. The molecule has 0 unspecified atom stereocenters. The molecule has 0 aromatic heterocycles. The third-order valence-corrected chi connectivity index (χ3v) is 7.57. The van der Waals surface area contributed by atoms with Gasteiger partial charge < -0.3 is 14.4 Å². The molecule has 7 nitrogen and oxygen atoms in total. The summed E-state index contributed by atoms with van der Waals surface area (Å²) in [5.41, 5.74) is 2.06. The first kappa shape index (κ1) is 29.6. The number of esters is 2.